The highest BCUT2D eigenvalue weighted by Gasteiger charge is 2.29. The molecule has 1 aliphatic carbocycles. The zero-order valence-corrected chi connectivity index (χ0v) is 21.2. The van der Waals surface area contributed by atoms with Gasteiger partial charge in [-0.15, -0.1) is 11.3 Å². The Bertz CT molecular complexity index is 1480. The number of imidazole rings is 1. The minimum absolute atomic E-state index is 0.141. The van der Waals surface area contributed by atoms with Crippen LogP contribution in [0.2, 0.25) is 0 Å². The van der Waals surface area contributed by atoms with E-state index in [1.165, 1.54) is 23.1 Å². The number of hydrogen-bond acceptors (Lipinski definition) is 6. The first-order valence-corrected chi connectivity index (χ1v) is 13.2. The predicted molar refractivity (Wildman–Crippen MR) is 138 cm³/mol. The van der Waals surface area contributed by atoms with Crippen molar-refractivity contribution in [3.63, 3.8) is 0 Å². The number of amides is 2. The first-order valence-electron chi connectivity index (χ1n) is 12.3. The Morgan fingerprint density at radius 2 is 2.06 bits per heavy atom. The minimum atomic E-state index is -0.815. The van der Waals surface area contributed by atoms with E-state index < -0.39 is 6.09 Å². The van der Waals surface area contributed by atoms with Crippen molar-refractivity contribution in [2.24, 2.45) is 18.7 Å². The van der Waals surface area contributed by atoms with E-state index >= 15 is 0 Å². The fraction of sp³-hybridized carbons (Fsp3) is 0.423. The molecule has 4 heterocycles. The summed E-state index contributed by atoms with van der Waals surface area (Å²) < 4.78 is 15.3. The number of hydrogen-bond donors (Lipinski definition) is 1. The van der Waals surface area contributed by atoms with Crippen LogP contribution in [-0.4, -0.2) is 57.3 Å². The zero-order chi connectivity index (χ0) is 25.0. The molecular formula is C26H29N5O4S. The molecule has 36 heavy (non-hydrogen) atoms. The van der Waals surface area contributed by atoms with Gasteiger partial charge in [0, 0.05) is 31.1 Å². The second kappa shape index (κ2) is 8.85. The number of carbonyl (C=O) groups is 2. The molecule has 2 N–H and O–H groups in total. The lowest BCUT2D eigenvalue weighted by Crippen LogP contribution is -2.44. The summed E-state index contributed by atoms with van der Waals surface area (Å²) in [6.07, 6.45) is 2.77. The van der Waals surface area contributed by atoms with E-state index in [-0.39, 0.29) is 12.0 Å². The fourth-order valence-electron chi connectivity index (χ4n) is 5.28. The van der Waals surface area contributed by atoms with Crippen molar-refractivity contribution in [3.8, 4) is 17.3 Å². The van der Waals surface area contributed by atoms with Crippen LogP contribution < -0.4 is 10.5 Å². The second-order valence-corrected chi connectivity index (χ2v) is 10.7. The number of carbonyl (C=O) groups excluding carboxylic acids is 2. The molecule has 1 saturated heterocycles. The number of aromatic nitrogens is 3. The fourth-order valence-corrected chi connectivity index (χ4v) is 6.19. The summed E-state index contributed by atoms with van der Waals surface area (Å²) in [4.78, 5) is 32.6. The Morgan fingerprint density at radius 1 is 1.22 bits per heavy atom. The van der Waals surface area contributed by atoms with Crippen LogP contribution in [-0.2, 0) is 18.3 Å². The first-order chi connectivity index (χ1) is 17.4. The lowest BCUT2D eigenvalue weighted by molar-refractivity contribution is 0.0373. The average Bonchev–Trinajstić information content (AvgIpc) is 3.31. The van der Waals surface area contributed by atoms with Gasteiger partial charge in [-0.3, -0.25) is 4.79 Å². The van der Waals surface area contributed by atoms with Gasteiger partial charge in [0.2, 0.25) is 0 Å². The van der Waals surface area contributed by atoms with Crippen LogP contribution in [0.15, 0.2) is 29.6 Å². The highest BCUT2D eigenvalue weighted by molar-refractivity contribution is 7.16. The van der Waals surface area contributed by atoms with Crippen LogP contribution >= 0.6 is 11.3 Å². The number of fused-ring (bicyclic) bond motifs is 2. The van der Waals surface area contributed by atoms with E-state index in [4.69, 9.17) is 20.2 Å². The second-order valence-electron chi connectivity index (χ2n) is 9.76. The van der Waals surface area contributed by atoms with Crippen LogP contribution in [0, 0.1) is 5.92 Å². The van der Waals surface area contributed by atoms with Crippen molar-refractivity contribution >= 4 is 44.6 Å². The molecule has 0 radical (unpaired) electrons. The summed E-state index contributed by atoms with van der Waals surface area (Å²) in [6, 6.07) is 7.97. The number of piperidine rings is 1. The van der Waals surface area contributed by atoms with E-state index in [1.807, 2.05) is 13.1 Å². The summed E-state index contributed by atoms with van der Waals surface area (Å²) in [6.45, 7) is 1.91. The topological polar surface area (TPSA) is 105 Å². The molecule has 3 aromatic heterocycles. The molecule has 1 aliphatic heterocycles. The van der Waals surface area contributed by atoms with Crippen LogP contribution in [0.1, 0.15) is 36.0 Å². The number of aryl methyl sites for hydroxylation is 1. The number of benzene rings is 1. The first kappa shape index (κ1) is 22.9. The van der Waals surface area contributed by atoms with Gasteiger partial charge in [-0.1, -0.05) is 0 Å². The number of methoxy groups -OCH3 is 1. The van der Waals surface area contributed by atoms with E-state index in [0.29, 0.717) is 36.3 Å². The molecule has 0 unspecified atom stereocenters. The van der Waals surface area contributed by atoms with Crippen molar-refractivity contribution in [2.75, 3.05) is 20.2 Å². The third-order valence-electron chi connectivity index (χ3n) is 7.22. The summed E-state index contributed by atoms with van der Waals surface area (Å²) in [7, 11) is 3.60. The van der Waals surface area contributed by atoms with Gasteiger partial charge >= 0.3 is 6.09 Å². The Kier molecular flexibility index (Phi) is 5.63. The predicted octanol–water partition coefficient (Wildman–Crippen LogP) is 4.38. The maximum atomic E-state index is 13.4. The largest absolute Gasteiger partial charge is 0.494 e. The highest BCUT2D eigenvalue weighted by Crippen LogP contribution is 2.39. The smallest absolute Gasteiger partial charge is 0.404 e. The number of primary amides is 1. The summed E-state index contributed by atoms with van der Waals surface area (Å²) in [5.74, 6) is 2.03. The Balaban J connectivity index is 1.39. The molecule has 2 fully saturated rings. The third-order valence-corrected chi connectivity index (χ3v) is 8.17. The highest BCUT2D eigenvalue weighted by atomic mass is 32.1. The monoisotopic (exact) mass is 507 g/mol. The number of thiophene rings is 1. The van der Waals surface area contributed by atoms with Gasteiger partial charge in [0.1, 0.15) is 22.2 Å². The summed E-state index contributed by atoms with van der Waals surface area (Å²) >= 11 is 1.76. The van der Waals surface area contributed by atoms with E-state index in [1.54, 1.807) is 29.4 Å². The molecule has 2 aliphatic rings. The van der Waals surface area contributed by atoms with E-state index in [9.17, 15) is 9.59 Å². The van der Waals surface area contributed by atoms with Crippen molar-refractivity contribution in [2.45, 2.75) is 38.3 Å². The molecule has 9 nitrogen and oxygen atoms in total. The van der Waals surface area contributed by atoms with E-state index in [2.05, 4.69) is 26.6 Å². The standard InChI is InChI=1S/C26H29N5O4S/c1-29-22-19(28-23(29)20-11-16-7-9-36-25(16)31(20)13-15-5-6-15)10-17(12-21(22)34-2)24(32)30-8-3-4-18(14-30)35-26(27)33/h7,9-12,15,18H,3-6,8,13-14H2,1-2H3,(H2,27,33)/t18-/m1/s1. The Labute approximate surface area is 212 Å². The summed E-state index contributed by atoms with van der Waals surface area (Å²) in [5.41, 5.74) is 8.32. The normalized spacial score (nSPS) is 18.2. The maximum absolute atomic E-state index is 13.4. The lowest BCUT2D eigenvalue weighted by atomic mass is 10.1. The minimum Gasteiger partial charge on any atom is -0.494 e. The van der Waals surface area contributed by atoms with Crippen LogP contribution in [0.3, 0.4) is 0 Å². The van der Waals surface area contributed by atoms with Gasteiger partial charge in [0.15, 0.2) is 5.82 Å². The number of ether oxygens (including phenoxy) is 2. The molecule has 4 aromatic rings. The van der Waals surface area contributed by atoms with Crippen LogP contribution in [0.5, 0.6) is 5.75 Å². The number of nitrogens with two attached hydrogens (primary N) is 1. The molecule has 1 atom stereocenters. The Morgan fingerprint density at radius 3 is 2.81 bits per heavy atom. The Hall–Kier alpha value is -3.53. The van der Waals surface area contributed by atoms with Gasteiger partial charge in [-0.2, -0.15) is 0 Å². The lowest BCUT2D eigenvalue weighted by Gasteiger charge is -2.32. The maximum Gasteiger partial charge on any atom is 0.404 e. The van der Waals surface area contributed by atoms with Gasteiger partial charge in [-0.25, -0.2) is 9.78 Å². The zero-order valence-electron chi connectivity index (χ0n) is 20.4. The molecule has 10 heteroatoms. The number of nitrogens with zero attached hydrogens (tertiary/aromatic N) is 4. The van der Waals surface area contributed by atoms with Gasteiger partial charge in [0.05, 0.1) is 24.9 Å². The SMILES string of the molecule is COc1cc(C(=O)N2CCC[C@@H](OC(N)=O)C2)cc2nc(-c3cc4ccsc4n3CC3CC3)n(C)c12. The molecule has 0 spiro atoms. The molecular weight excluding hydrogens is 478 g/mol. The molecule has 188 valence electrons. The van der Waals surface area contributed by atoms with Crippen molar-refractivity contribution in [3.05, 3.63) is 35.2 Å². The van der Waals surface area contributed by atoms with Crippen molar-refractivity contribution in [1.29, 1.82) is 0 Å². The van der Waals surface area contributed by atoms with Gasteiger partial charge in [-0.05, 0) is 61.2 Å². The third kappa shape index (κ3) is 3.99. The number of likely N-dealkylation sites (tertiary alicyclic amines) is 1. The van der Waals surface area contributed by atoms with E-state index in [0.717, 1.165) is 35.9 Å². The molecule has 2 amide bonds. The van der Waals surface area contributed by atoms with Gasteiger partial charge in [0.25, 0.3) is 5.91 Å². The van der Waals surface area contributed by atoms with Crippen LogP contribution in [0.25, 0.3) is 32.8 Å². The molecule has 1 aromatic carbocycles. The molecule has 6 rings (SSSR count). The number of rotatable bonds is 6. The summed E-state index contributed by atoms with van der Waals surface area (Å²) in [5, 5.41) is 3.36. The molecule has 1 saturated carbocycles. The van der Waals surface area contributed by atoms with Gasteiger partial charge < -0.3 is 29.2 Å². The van der Waals surface area contributed by atoms with Crippen molar-refractivity contribution in [1.82, 2.24) is 19.0 Å². The van der Waals surface area contributed by atoms with Crippen LogP contribution in [0.4, 0.5) is 4.79 Å². The molecule has 0 bridgehead atoms. The average molecular weight is 508 g/mol. The quantitative estimate of drug-likeness (QED) is 0.417. The van der Waals surface area contributed by atoms with Crippen molar-refractivity contribution < 1.29 is 19.1 Å².